The van der Waals surface area contributed by atoms with Crippen LogP contribution in [-0.2, 0) is 14.3 Å². The predicted molar refractivity (Wildman–Crippen MR) is 93.7 cm³/mol. The Morgan fingerprint density at radius 3 is 1.96 bits per heavy atom. The maximum absolute atomic E-state index is 10.3. The summed E-state index contributed by atoms with van der Waals surface area (Å²) in [6.07, 6.45) is 12.5. The average Bonchev–Trinajstić information content (AvgIpc) is 2.58. The first-order valence-electron chi connectivity index (χ1n) is 6.88. The lowest BCUT2D eigenvalue weighted by Crippen LogP contribution is -2.14. The quantitative estimate of drug-likeness (QED) is 0.442. The molecule has 132 valence electrons. The molecule has 23 heavy (non-hydrogen) atoms. The number of aliphatic carboxylic acids is 1. The van der Waals surface area contributed by atoms with Crippen LogP contribution in [0.15, 0.2) is 36.1 Å². The number of carbonyl (C=O) groups excluding carboxylic acids is 1. The van der Waals surface area contributed by atoms with Crippen LogP contribution >= 0.6 is 0 Å². The van der Waals surface area contributed by atoms with Crippen LogP contribution in [0.2, 0.25) is 0 Å². The van der Waals surface area contributed by atoms with E-state index >= 15 is 0 Å². The molecule has 0 saturated heterocycles. The van der Waals surface area contributed by atoms with E-state index in [0.717, 1.165) is 11.3 Å². The fourth-order valence-electron chi connectivity index (χ4n) is 0.622. The van der Waals surface area contributed by atoms with Crippen molar-refractivity contribution in [3.8, 4) is 12.8 Å². The molecule has 0 unspecified atom stereocenters. The lowest BCUT2D eigenvalue weighted by atomic mass is 10.2. The second-order valence-electron chi connectivity index (χ2n) is 3.28. The Morgan fingerprint density at radius 1 is 1.26 bits per heavy atom. The van der Waals surface area contributed by atoms with Gasteiger partial charge in [-0.3, -0.25) is 4.79 Å². The molecule has 0 aromatic heterocycles. The van der Waals surface area contributed by atoms with Gasteiger partial charge in [0.1, 0.15) is 6.61 Å². The molecule has 0 aromatic rings. The zero-order valence-electron chi connectivity index (χ0n) is 14.7. The van der Waals surface area contributed by atoms with Gasteiger partial charge in [0.15, 0.2) is 0 Å². The lowest BCUT2D eigenvalue weighted by molar-refractivity contribution is -0.136. The van der Waals surface area contributed by atoms with E-state index in [1.54, 1.807) is 32.3 Å². The smallest absolute Gasteiger partial charge is 0.404 e. The van der Waals surface area contributed by atoms with Crippen molar-refractivity contribution >= 4 is 12.1 Å². The summed E-state index contributed by atoms with van der Waals surface area (Å²) in [5.41, 5.74) is 5.56. The van der Waals surface area contributed by atoms with E-state index < -0.39 is 12.1 Å². The highest BCUT2D eigenvalue weighted by Gasteiger charge is 1.95. The molecule has 0 rings (SSSR count). The maximum atomic E-state index is 10.3. The Hall–Kier alpha value is -2.68. The molecule has 6 nitrogen and oxygen atoms in total. The number of rotatable bonds is 6. The van der Waals surface area contributed by atoms with E-state index in [9.17, 15) is 9.59 Å². The summed E-state index contributed by atoms with van der Waals surface area (Å²) in [5.74, 6) is 0.00780. The molecule has 0 aromatic carbocycles. The number of terminal acetylenes is 1. The normalized spacial score (nSPS) is 9.35. The number of hydrogen-bond donors (Lipinski definition) is 2. The van der Waals surface area contributed by atoms with Gasteiger partial charge < -0.3 is 20.3 Å². The molecule has 1 amide bonds. The largest absolute Gasteiger partial charge is 0.501 e. The first-order chi connectivity index (χ1) is 10.9. The number of carboxylic acid groups (broad SMARTS) is 1. The van der Waals surface area contributed by atoms with Crippen LogP contribution in [0, 0.1) is 12.8 Å². The zero-order chi connectivity index (χ0) is 19.3. The van der Waals surface area contributed by atoms with E-state index in [0.29, 0.717) is 0 Å². The maximum Gasteiger partial charge on any atom is 0.404 e. The molecule has 3 N–H and O–H groups in total. The number of carboxylic acids is 1. The minimum atomic E-state index is -0.801. The van der Waals surface area contributed by atoms with E-state index in [-0.39, 0.29) is 13.0 Å². The van der Waals surface area contributed by atoms with Gasteiger partial charge in [0.05, 0.1) is 12.9 Å². The Balaban J connectivity index is -0.000000167. The first kappa shape index (κ1) is 28.5. The molecule has 0 radical (unpaired) electrons. The fourth-order valence-corrected chi connectivity index (χ4v) is 0.622. The molecule has 0 atom stereocenters. The van der Waals surface area contributed by atoms with Crippen molar-refractivity contribution in [3.63, 3.8) is 0 Å². The lowest BCUT2D eigenvalue weighted by Gasteiger charge is -2.01. The summed E-state index contributed by atoms with van der Waals surface area (Å²) < 4.78 is 9.51. The van der Waals surface area contributed by atoms with Gasteiger partial charge in [-0.05, 0) is 18.6 Å². The standard InChI is InChI=1S/C10H15NO3.C3H6O2.C2H6.C2H2/c1-4-9(7-14-10(11)12)6-5-8(2)13-3;1-2-3(4)5;2*1-2/h4-6H,1,7H2,2-3H3,(H2,11,12);2H2,1H3,(H,4,5);1-2H3;1-2H/b8-5+,9-6+;;;. The van der Waals surface area contributed by atoms with Crippen LogP contribution in [0.25, 0.3) is 0 Å². The molecule has 0 spiro atoms. The Labute approximate surface area is 139 Å². The van der Waals surface area contributed by atoms with Crippen molar-refractivity contribution in [2.24, 2.45) is 5.73 Å². The highest BCUT2D eigenvalue weighted by atomic mass is 16.5. The monoisotopic (exact) mass is 327 g/mol. The number of carbonyl (C=O) groups is 2. The van der Waals surface area contributed by atoms with E-state index in [4.69, 9.17) is 15.6 Å². The van der Waals surface area contributed by atoms with Gasteiger partial charge in [0, 0.05) is 6.42 Å². The second-order valence-corrected chi connectivity index (χ2v) is 3.28. The van der Waals surface area contributed by atoms with Crippen molar-refractivity contribution in [3.05, 3.63) is 36.1 Å². The molecule has 0 saturated carbocycles. The van der Waals surface area contributed by atoms with Crippen molar-refractivity contribution in [1.82, 2.24) is 0 Å². The van der Waals surface area contributed by atoms with E-state index in [1.807, 2.05) is 20.8 Å². The number of hydrogen-bond acceptors (Lipinski definition) is 4. The van der Waals surface area contributed by atoms with Gasteiger partial charge in [-0.25, -0.2) is 4.79 Å². The number of methoxy groups -OCH3 is 1. The Bertz CT molecular complexity index is 395. The average molecular weight is 327 g/mol. The SMILES string of the molecule is C#C.C=C/C(=C\C=C(/C)OC)COC(N)=O.CC.CCC(=O)O. The topological polar surface area (TPSA) is 98.9 Å². The molecule has 0 aliphatic carbocycles. The van der Waals surface area contributed by atoms with Gasteiger partial charge in [-0.2, -0.15) is 0 Å². The van der Waals surface area contributed by atoms with Crippen LogP contribution < -0.4 is 5.73 Å². The van der Waals surface area contributed by atoms with Gasteiger partial charge in [-0.15, -0.1) is 12.8 Å². The molecule has 0 bridgehead atoms. The Kier molecular flexibility index (Phi) is 30.1. The van der Waals surface area contributed by atoms with Crippen molar-refractivity contribution < 1.29 is 24.2 Å². The summed E-state index contributed by atoms with van der Waals surface area (Å²) >= 11 is 0. The summed E-state index contributed by atoms with van der Waals surface area (Å²) in [6.45, 7) is 11.1. The highest BCUT2D eigenvalue weighted by Crippen LogP contribution is 2.00. The van der Waals surface area contributed by atoms with Crippen LogP contribution in [0.4, 0.5) is 4.79 Å². The molecular formula is C17H29NO5. The van der Waals surface area contributed by atoms with Crippen molar-refractivity contribution in [2.45, 2.75) is 34.1 Å². The van der Waals surface area contributed by atoms with Crippen molar-refractivity contribution in [1.29, 1.82) is 0 Å². The van der Waals surface area contributed by atoms with Crippen LogP contribution in [-0.4, -0.2) is 30.9 Å². The minimum Gasteiger partial charge on any atom is -0.501 e. The number of nitrogens with two attached hydrogens (primary N) is 1. The highest BCUT2D eigenvalue weighted by molar-refractivity contribution is 5.66. The van der Waals surface area contributed by atoms with Crippen LogP contribution in [0.1, 0.15) is 34.1 Å². The minimum absolute atomic E-state index is 0.117. The van der Waals surface area contributed by atoms with Gasteiger partial charge in [0.2, 0.25) is 0 Å². The van der Waals surface area contributed by atoms with Crippen LogP contribution in [0.5, 0.6) is 0 Å². The molecule has 0 fully saturated rings. The van der Waals surface area contributed by atoms with Gasteiger partial charge in [0.25, 0.3) is 0 Å². The zero-order valence-corrected chi connectivity index (χ0v) is 14.7. The third-order valence-corrected chi connectivity index (χ3v) is 1.80. The number of allylic oxidation sites excluding steroid dienone is 3. The molecule has 6 heteroatoms. The van der Waals surface area contributed by atoms with Gasteiger partial charge in [-0.1, -0.05) is 39.5 Å². The molecule has 0 aliphatic heterocycles. The second kappa shape index (κ2) is 24.3. The third-order valence-electron chi connectivity index (χ3n) is 1.80. The van der Waals surface area contributed by atoms with Crippen molar-refractivity contribution in [2.75, 3.05) is 13.7 Å². The summed E-state index contributed by atoms with van der Waals surface area (Å²) in [4.78, 5) is 19.7. The molecule has 0 heterocycles. The first-order valence-corrected chi connectivity index (χ1v) is 6.88. The predicted octanol–water partition coefficient (Wildman–Crippen LogP) is 3.50. The summed E-state index contributed by atoms with van der Waals surface area (Å²) in [7, 11) is 1.58. The third kappa shape index (κ3) is 32.7. The fraction of sp³-hybridized carbons (Fsp3) is 0.412. The number of amides is 1. The van der Waals surface area contributed by atoms with E-state index in [2.05, 4.69) is 24.2 Å². The van der Waals surface area contributed by atoms with E-state index in [1.165, 1.54) is 0 Å². The Morgan fingerprint density at radius 2 is 1.70 bits per heavy atom. The van der Waals surface area contributed by atoms with Gasteiger partial charge >= 0.3 is 12.1 Å². The van der Waals surface area contributed by atoms with Crippen LogP contribution in [0.3, 0.4) is 0 Å². The number of primary amides is 1. The molecule has 0 aliphatic rings. The summed E-state index contributed by atoms with van der Waals surface area (Å²) in [5, 5.41) is 7.72. The number of ether oxygens (including phenoxy) is 2. The summed E-state index contributed by atoms with van der Waals surface area (Å²) in [6, 6.07) is 0. The molecular weight excluding hydrogens is 298 g/mol.